The number of hydrogen-bond acceptors (Lipinski definition) is 8. The Morgan fingerprint density at radius 2 is 1.56 bits per heavy atom. The van der Waals surface area contributed by atoms with Gasteiger partial charge in [0.15, 0.2) is 5.72 Å². The number of carbonyl (C=O) groups is 1. The Hall–Kier alpha value is -2.81. The van der Waals surface area contributed by atoms with Gasteiger partial charge in [-0.25, -0.2) is 8.42 Å². The van der Waals surface area contributed by atoms with E-state index in [1.54, 1.807) is 53.7 Å². The monoisotopic (exact) mass is 622 g/mol. The molecular formula is C27H31ClN4O7S2. The number of ether oxygens (including phenoxy) is 1. The van der Waals surface area contributed by atoms with E-state index in [9.17, 15) is 21.6 Å². The lowest BCUT2D eigenvalue weighted by molar-refractivity contribution is -0.171. The summed E-state index contributed by atoms with van der Waals surface area (Å²) in [5.74, 6) is -0.228. The maximum absolute atomic E-state index is 13.6. The van der Waals surface area contributed by atoms with Crippen molar-refractivity contribution in [1.82, 2.24) is 14.2 Å². The highest BCUT2D eigenvalue weighted by atomic mass is 35.5. The molecule has 1 aromatic heterocycles. The number of rotatable bonds is 3. The minimum absolute atomic E-state index is 0.0928. The van der Waals surface area contributed by atoms with Crippen LogP contribution in [0.1, 0.15) is 19.8 Å². The number of piperidine rings is 1. The Balaban J connectivity index is 0.000000623. The lowest BCUT2D eigenvalue weighted by atomic mass is 9.91. The number of sulfonamides is 1. The number of amides is 1. The average molecular weight is 623 g/mol. The summed E-state index contributed by atoms with van der Waals surface area (Å²) >= 11 is 6.07. The van der Waals surface area contributed by atoms with Gasteiger partial charge in [0, 0.05) is 36.2 Å². The molecule has 11 nitrogen and oxygen atoms in total. The van der Waals surface area contributed by atoms with Crippen LogP contribution in [-0.4, -0.2) is 91.8 Å². The summed E-state index contributed by atoms with van der Waals surface area (Å²) in [4.78, 5) is 21.5. The van der Waals surface area contributed by atoms with E-state index in [4.69, 9.17) is 20.9 Å². The maximum Gasteiger partial charge on any atom is 0.261 e. The molecule has 0 bridgehead atoms. The van der Waals surface area contributed by atoms with E-state index in [-0.39, 0.29) is 23.9 Å². The van der Waals surface area contributed by atoms with Gasteiger partial charge in [-0.2, -0.15) is 12.7 Å². The number of fused-ring (bicyclic) bond motifs is 2. The predicted octanol–water partition coefficient (Wildman–Crippen LogP) is 3.01. The van der Waals surface area contributed by atoms with Crippen LogP contribution in [0.2, 0.25) is 5.02 Å². The topological polar surface area (TPSA) is 137 Å². The first kappa shape index (κ1) is 29.7. The Kier molecular flexibility index (Phi) is 7.81. The van der Waals surface area contributed by atoms with Gasteiger partial charge in [-0.3, -0.25) is 14.3 Å². The van der Waals surface area contributed by atoms with Gasteiger partial charge in [0.05, 0.1) is 36.4 Å². The molecule has 1 atom stereocenters. The molecule has 1 N–H and O–H groups in total. The Morgan fingerprint density at radius 1 is 0.951 bits per heavy atom. The lowest BCUT2D eigenvalue weighted by Gasteiger charge is -2.43. The van der Waals surface area contributed by atoms with Crippen LogP contribution in [0.4, 0.5) is 5.69 Å². The van der Waals surface area contributed by atoms with Gasteiger partial charge in [0.2, 0.25) is 15.9 Å². The third-order valence-electron chi connectivity index (χ3n) is 7.65. The van der Waals surface area contributed by atoms with E-state index in [1.165, 1.54) is 4.31 Å². The molecular weight excluding hydrogens is 592 g/mol. The van der Waals surface area contributed by atoms with Crippen molar-refractivity contribution in [1.29, 1.82) is 0 Å². The second-order valence-electron chi connectivity index (χ2n) is 10.8. The van der Waals surface area contributed by atoms with Crippen LogP contribution >= 0.6 is 11.6 Å². The van der Waals surface area contributed by atoms with Crippen molar-refractivity contribution in [2.24, 2.45) is 0 Å². The zero-order valence-electron chi connectivity index (χ0n) is 22.6. The van der Waals surface area contributed by atoms with Crippen LogP contribution in [0, 0.1) is 0 Å². The van der Waals surface area contributed by atoms with Crippen molar-refractivity contribution in [2.75, 3.05) is 43.9 Å². The van der Waals surface area contributed by atoms with Crippen molar-refractivity contribution in [2.45, 2.75) is 36.0 Å². The van der Waals surface area contributed by atoms with Gasteiger partial charge in [-0.05, 0) is 66.9 Å². The minimum atomic E-state index is -3.90. The molecule has 6 rings (SSSR count). The van der Waals surface area contributed by atoms with Crippen LogP contribution in [0.5, 0.6) is 0 Å². The molecule has 14 heteroatoms. The summed E-state index contributed by atoms with van der Waals surface area (Å²) in [5, 5.41) is 2.22. The summed E-state index contributed by atoms with van der Waals surface area (Å²) in [5.41, 5.74) is -0.366. The number of aromatic nitrogens is 1. The number of hydrogen-bond donors (Lipinski definition) is 1. The number of piperazine rings is 1. The van der Waals surface area contributed by atoms with E-state index in [0.717, 1.165) is 42.4 Å². The molecule has 220 valence electrons. The first-order valence-corrected chi connectivity index (χ1v) is 16.6. The summed E-state index contributed by atoms with van der Waals surface area (Å²) in [6.45, 7) is 3.81. The number of benzene rings is 2. The largest absolute Gasteiger partial charge is 0.371 e. The second kappa shape index (κ2) is 10.8. The predicted molar refractivity (Wildman–Crippen MR) is 155 cm³/mol. The second-order valence-corrected chi connectivity index (χ2v) is 14.6. The van der Waals surface area contributed by atoms with Gasteiger partial charge in [0.25, 0.3) is 10.1 Å². The van der Waals surface area contributed by atoms with Gasteiger partial charge >= 0.3 is 0 Å². The Labute approximate surface area is 244 Å². The number of carbonyl (C=O) groups excluding carboxylic acids is 1. The number of pyridine rings is 1. The fraction of sp³-hybridized carbons (Fsp3) is 0.407. The zero-order valence-corrected chi connectivity index (χ0v) is 25.0. The molecule has 0 saturated carbocycles. The third kappa shape index (κ3) is 6.35. The number of anilines is 1. The molecule has 0 aliphatic carbocycles. The molecule has 2 aromatic carbocycles. The molecule has 3 aliphatic rings. The van der Waals surface area contributed by atoms with Crippen molar-refractivity contribution < 1.29 is 30.9 Å². The van der Waals surface area contributed by atoms with Gasteiger partial charge in [-0.1, -0.05) is 23.7 Å². The smallest absolute Gasteiger partial charge is 0.261 e. The first-order valence-electron chi connectivity index (χ1n) is 13.0. The third-order valence-corrected chi connectivity index (χ3v) is 9.67. The Bertz CT molecular complexity index is 1670. The molecule has 3 aromatic rings. The van der Waals surface area contributed by atoms with Crippen LogP contribution in [0.3, 0.4) is 0 Å². The Morgan fingerprint density at radius 3 is 2.22 bits per heavy atom. The summed E-state index contributed by atoms with van der Waals surface area (Å²) in [7, 11) is -7.57. The molecule has 41 heavy (non-hydrogen) atoms. The fourth-order valence-electron chi connectivity index (χ4n) is 5.76. The molecule has 1 spiro atoms. The molecule has 3 aliphatic heterocycles. The van der Waals surface area contributed by atoms with Crippen LogP contribution < -0.4 is 4.90 Å². The number of halogens is 1. The highest BCUT2D eigenvalue weighted by Crippen LogP contribution is 2.44. The maximum atomic E-state index is 13.6. The lowest BCUT2D eigenvalue weighted by Crippen LogP contribution is -2.62. The van der Waals surface area contributed by atoms with E-state index >= 15 is 0 Å². The van der Waals surface area contributed by atoms with Crippen molar-refractivity contribution >= 4 is 54.1 Å². The first-order chi connectivity index (χ1) is 19.2. The van der Waals surface area contributed by atoms with Crippen molar-refractivity contribution in [3.63, 3.8) is 0 Å². The summed E-state index contributed by atoms with van der Waals surface area (Å²) in [6, 6.07) is 14.2. The van der Waals surface area contributed by atoms with Crippen LogP contribution in [0.25, 0.3) is 10.8 Å². The van der Waals surface area contributed by atoms with E-state index in [0.29, 0.717) is 17.8 Å². The molecule has 1 unspecified atom stereocenters. The quantitative estimate of drug-likeness (QED) is 0.437. The van der Waals surface area contributed by atoms with Gasteiger partial charge < -0.3 is 14.5 Å². The van der Waals surface area contributed by atoms with Gasteiger partial charge in [-0.15, -0.1) is 0 Å². The molecule has 4 heterocycles. The zero-order chi connectivity index (χ0) is 29.6. The van der Waals surface area contributed by atoms with Crippen molar-refractivity contribution in [3.05, 3.63) is 65.9 Å². The minimum Gasteiger partial charge on any atom is -0.371 e. The van der Waals surface area contributed by atoms with Gasteiger partial charge in [0.1, 0.15) is 0 Å². The van der Waals surface area contributed by atoms with Crippen LogP contribution in [0.15, 0.2) is 65.8 Å². The highest BCUT2D eigenvalue weighted by Gasteiger charge is 2.58. The van der Waals surface area contributed by atoms with E-state index < -0.39 is 31.5 Å². The summed E-state index contributed by atoms with van der Waals surface area (Å²) in [6.07, 6.45) is 5.80. The fourth-order valence-corrected chi connectivity index (χ4v) is 7.44. The highest BCUT2D eigenvalue weighted by molar-refractivity contribution is 7.89. The standard InChI is InChI=1S/C26H27ClN4O4S.CH4O3S/c1-25-17-30(36(33,34)23-5-3-19-14-21(27)4-2-20(19)15-23)16-24(32)31(25)18-26(35-25)8-12-29(13-9-26)22-6-10-28-11-7-22;1-5(2,3)4/h2-7,10-11,14-15H,8-9,12-13,16-18H2,1H3;1H3,(H,2,3,4). The average Bonchev–Trinajstić information content (AvgIpc) is 3.20. The van der Waals surface area contributed by atoms with E-state index in [2.05, 4.69) is 9.88 Å². The summed E-state index contributed by atoms with van der Waals surface area (Å²) < 4.78 is 61.0. The van der Waals surface area contributed by atoms with Crippen LogP contribution in [-0.2, 0) is 29.7 Å². The molecule has 3 fully saturated rings. The number of nitrogens with zero attached hydrogens (tertiary/aromatic N) is 4. The molecule has 1 amide bonds. The molecule has 3 saturated heterocycles. The van der Waals surface area contributed by atoms with E-state index in [1.807, 2.05) is 19.1 Å². The normalized spacial score (nSPS) is 22.9. The molecule has 0 radical (unpaired) electrons. The van der Waals surface area contributed by atoms with Crippen molar-refractivity contribution in [3.8, 4) is 0 Å². The SMILES string of the molecule is CC12CN(S(=O)(=O)c3ccc4cc(Cl)ccc4c3)CC(=O)N1CC1(CCN(c3ccncc3)CC1)O2.CS(=O)(=O)O.